The predicted octanol–water partition coefficient (Wildman–Crippen LogP) is 3.75. The minimum absolute atomic E-state index is 0.0490. The van der Waals surface area contributed by atoms with E-state index in [9.17, 15) is 13.6 Å². The number of fused-ring (bicyclic) bond motifs is 1. The molecule has 0 atom stereocenters. The number of anilines is 1. The van der Waals surface area contributed by atoms with Gasteiger partial charge >= 0.3 is 12.6 Å². The summed E-state index contributed by atoms with van der Waals surface area (Å²) in [5.74, 6) is -0.0490. The van der Waals surface area contributed by atoms with E-state index in [0.717, 1.165) is 12.8 Å². The Morgan fingerprint density at radius 3 is 2.92 bits per heavy atom. The maximum atomic E-state index is 12.5. The zero-order valence-corrected chi connectivity index (χ0v) is 13.3. The maximum Gasteiger partial charge on any atom is 0.387 e. The fraction of sp³-hybridized carbons (Fsp3) is 0.353. The van der Waals surface area contributed by atoms with Gasteiger partial charge in [0.15, 0.2) is 5.75 Å². The number of urea groups is 1. The molecule has 1 N–H and O–H groups in total. The Morgan fingerprint density at radius 2 is 2.24 bits per heavy atom. The summed E-state index contributed by atoms with van der Waals surface area (Å²) < 4.78 is 29.5. The molecular weight excluding hydrogens is 330 g/mol. The molecule has 1 saturated carbocycles. The molecule has 3 rings (SSSR count). The molecular formula is C17H16F2N4O2. The van der Waals surface area contributed by atoms with Gasteiger partial charge in [-0.1, -0.05) is 0 Å². The number of halogens is 2. The summed E-state index contributed by atoms with van der Waals surface area (Å²) in [6, 6.07) is 8.06. The Hall–Kier alpha value is -2.95. The second-order valence-electron chi connectivity index (χ2n) is 5.65. The summed E-state index contributed by atoms with van der Waals surface area (Å²) in [4.78, 5) is 18.3. The molecule has 0 bridgehead atoms. The van der Waals surface area contributed by atoms with Gasteiger partial charge in [0.1, 0.15) is 5.52 Å². The topological polar surface area (TPSA) is 78.2 Å². The lowest BCUT2D eigenvalue weighted by Crippen LogP contribution is -2.37. The van der Waals surface area contributed by atoms with Crippen molar-refractivity contribution >= 4 is 22.6 Å². The number of rotatable bonds is 6. The number of nitrogens with zero attached hydrogens (tertiary/aromatic N) is 3. The number of benzene rings is 1. The SMILES string of the molecule is N#CCCN(C(=O)Nc1ccc(OC(F)F)c2ncccc12)C1CC1. The first kappa shape index (κ1) is 16.9. The number of carbonyl (C=O) groups is 1. The van der Waals surface area contributed by atoms with Crippen molar-refractivity contribution in [2.75, 3.05) is 11.9 Å². The van der Waals surface area contributed by atoms with Gasteiger partial charge in [-0.2, -0.15) is 14.0 Å². The lowest BCUT2D eigenvalue weighted by molar-refractivity contribution is -0.0489. The van der Waals surface area contributed by atoms with Crippen LogP contribution in [0.25, 0.3) is 10.9 Å². The first-order chi connectivity index (χ1) is 12.1. The predicted molar refractivity (Wildman–Crippen MR) is 87.4 cm³/mol. The molecule has 25 heavy (non-hydrogen) atoms. The first-order valence-electron chi connectivity index (χ1n) is 7.87. The van der Waals surface area contributed by atoms with Gasteiger partial charge in [0.05, 0.1) is 18.2 Å². The summed E-state index contributed by atoms with van der Waals surface area (Å²) in [5, 5.41) is 12.0. The van der Waals surface area contributed by atoms with Crippen molar-refractivity contribution in [2.45, 2.75) is 31.9 Å². The molecule has 130 valence electrons. The number of hydrogen-bond donors (Lipinski definition) is 1. The van der Waals surface area contributed by atoms with Crippen LogP contribution in [0, 0.1) is 11.3 Å². The summed E-state index contributed by atoms with van der Waals surface area (Å²) in [5.41, 5.74) is 0.702. The first-order valence-corrected chi connectivity index (χ1v) is 7.87. The van der Waals surface area contributed by atoms with Crippen LogP contribution in [0.2, 0.25) is 0 Å². The summed E-state index contributed by atoms with van der Waals surface area (Å²) in [7, 11) is 0. The van der Waals surface area contributed by atoms with Crippen LogP contribution in [0.15, 0.2) is 30.5 Å². The van der Waals surface area contributed by atoms with Crippen LogP contribution in [0.1, 0.15) is 19.3 Å². The maximum absolute atomic E-state index is 12.5. The number of hydrogen-bond acceptors (Lipinski definition) is 4. The molecule has 0 aliphatic heterocycles. The minimum atomic E-state index is -2.96. The van der Waals surface area contributed by atoms with Gasteiger partial charge < -0.3 is 15.0 Å². The number of carbonyl (C=O) groups excluding carboxylic acids is 1. The van der Waals surface area contributed by atoms with Crippen LogP contribution < -0.4 is 10.1 Å². The third-order valence-electron chi connectivity index (χ3n) is 3.90. The highest BCUT2D eigenvalue weighted by Gasteiger charge is 2.32. The lowest BCUT2D eigenvalue weighted by atomic mass is 10.1. The fourth-order valence-electron chi connectivity index (χ4n) is 2.64. The van der Waals surface area contributed by atoms with Crippen molar-refractivity contribution in [1.82, 2.24) is 9.88 Å². The monoisotopic (exact) mass is 346 g/mol. The number of alkyl halides is 2. The second kappa shape index (κ2) is 7.30. The van der Waals surface area contributed by atoms with Crippen LogP contribution in [-0.2, 0) is 0 Å². The number of pyridine rings is 1. The Kier molecular flexibility index (Phi) is 4.93. The molecule has 2 amide bonds. The van der Waals surface area contributed by atoms with E-state index in [1.807, 2.05) is 6.07 Å². The molecule has 1 aliphatic carbocycles. The van der Waals surface area contributed by atoms with Crippen molar-refractivity contribution < 1.29 is 18.3 Å². The van der Waals surface area contributed by atoms with Crippen LogP contribution in [0.3, 0.4) is 0 Å². The Labute approximate surface area is 143 Å². The van der Waals surface area contributed by atoms with Gasteiger partial charge in [-0.25, -0.2) is 4.79 Å². The molecule has 0 saturated heterocycles. The molecule has 1 aromatic carbocycles. The Morgan fingerprint density at radius 1 is 1.44 bits per heavy atom. The van der Waals surface area contributed by atoms with E-state index in [1.54, 1.807) is 17.0 Å². The zero-order chi connectivity index (χ0) is 17.8. The molecule has 1 aliphatic rings. The number of aromatic nitrogens is 1. The van der Waals surface area contributed by atoms with E-state index in [0.29, 0.717) is 17.6 Å². The third-order valence-corrected chi connectivity index (χ3v) is 3.90. The summed E-state index contributed by atoms with van der Waals surface area (Å²) in [6.07, 6.45) is 3.56. The van der Waals surface area contributed by atoms with Gasteiger partial charge in [0.25, 0.3) is 0 Å². The molecule has 6 nitrogen and oxygen atoms in total. The van der Waals surface area contributed by atoms with Gasteiger partial charge in [0.2, 0.25) is 0 Å². The lowest BCUT2D eigenvalue weighted by Gasteiger charge is -2.22. The molecule has 2 aromatic rings. The zero-order valence-electron chi connectivity index (χ0n) is 13.3. The van der Waals surface area contributed by atoms with Crippen LogP contribution in [0.4, 0.5) is 19.3 Å². The van der Waals surface area contributed by atoms with E-state index in [2.05, 4.69) is 15.0 Å². The van der Waals surface area contributed by atoms with Crippen molar-refractivity contribution in [3.8, 4) is 11.8 Å². The molecule has 1 fully saturated rings. The highest BCUT2D eigenvalue weighted by Crippen LogP contribution is 2.32. The molecule has 0 spiro atoms. The molecule has 1 aromatic heterocycles. The second-order valence-corrected chi connectivity index (χ2v) is 5.65. The van der Waals surface area contributed by atoms with Crippen LogP contribution in [-0.4, -0.2) is 35.1 Å². The average Bonchev–Trinajstić information content (AvgIpc) is 3.42. The number of nitriles is 1. The normalized spacial score (nSPS) is 13.5. The highest BCUT2D eigenvalue weighted by atomic mass is 19.3. The van der Waals surface area contributed by atoms with Crippen molar-refractivity contribution in [3.05, 3.63) is 30.5 Å². The number of nitrogens with one attached hydrogen (secondary N) is 1. The smallest absolute Gasteiger partial charge is 0.387 e. The third kappa shape index (κ3) is 3.94. The van der Waals surface area contributed by atoms with E-state index >= 15 is 0 Å². The quantitative estimate of drug-likeness (QED) is 0.864. The largest absolute Gasteiger partial charge is 0.432 e. The number of amides is 2. The fourth-order valence-corrected chi connectivity index (χ4v) is 2.64. The van der Waals surface area contributed by atoms with Crippen molar-refractivity contribution in [3.63, 3.8) is 0 Å². The van der Waals surface area contributed by atoms with Crippen LogP contribution >= 0.6 is 0 Å². The molecule has 8 heteroatoms. The van der Waals surface area contributed by atoms with Gasteiger partial charge in [-0.05, 0) is 37.1 Å². The van der Waals surface area contributed by atoms with Crippen LogP contribution in [0.5, 0.6) is 5.75 Å². The van der Waals surface area contributed by atoms with Crippen molar-refractivity contribution in [1.29, 1.82) is 5.26 Å². The van der Waals surface area contributed by atoms with E-state index in [1.165, 1.54) is 18.3 Å². The minimum Gasteiger partial charge on any atom is -0.432 e. The Bertz CT molecular complexity index is 818. The summed E-state index contributed by atoms with van der Waals surface area (Å²) in [6.45, 7) is -2.60. The summed E-state index contributed by atoms with van der Waals surface area (Å²) >= 11 is 0. The molecule has 1 heterocycles. The Balaban J connectivity index is 1.86. The van der Waals surface area contributed by atoms with Gasteiger partial charge in [-0.15, -0.1) is 0 Å². The van der Waals surface area contributed by atoms with Gasteiger partial charge in [0, 0.05) is 24.2 Å². The van der Waals surface area contributed by atoms with E-state index in [4.69, 9.17) is 5.26 Å². The van der Waals surface area contributed by atoms with Crippen molar-refractivity contribution in [2.24, 2.45) is 0 Å². The molecule has 0 unspecified atom stereocenters. The molecule has 0 radical (unpaired) electrons. The van der Waals surface area contributed by atoms with E-state index in [-0.39, 0.29) is 29.8 Å². The standard InChI is InChI=1S/C17H16F2N4O2/c18-16(19)25-14-7-6-13(12-3-1-9-21-15(12)14)22-17(24)23(10-2-8-20)11-4-5-11/h1,3,6-7,9,11,16H,2,4-5,10H2,(H,22,24). The highest BCUT2D eigenvalue weighted by molar-refractivity contribution is 6.02. The average molecular weight is 346 g/mol. The number of ether oxygens (including phenoxy) is 1. The van der Waals surface area contributed by atoms with E-state index < -0.39 is 6.61 Å². The van der Waals surface area contributed by atoms with Gasteiger partial charge in [-0.3, -0.25) is 4.98 Å².